The number of carboxylic acids is 3. The Bertz CT molecular complexity index is 1130. The van der Waals surface area contributed by atoms with Crippen LogP contribution in [0.25, 0.3) is 0 Å². The number of likely N-dealkylation sites (tertiary alicyclic amines) is 1. The molecule has 0 aliphatic carbocycles. The van der Waals surface area contributed by atoms with Gasteiger partial charge in [-0.2, -0.15) is 0 Å². The molecule has 0 amide bonds. The number of hydrogen-bond acceptors (Lipinski definition) is 7. The van der Waals surface area contributed by atoms with Gasteiger partial charge in [0.05, 0.1) is 18.4 Å². The van der Waals surface area contributed by atoms with Crippen LogP contribution in [0, 0.1) is 5.82 Å². The number of carboxylic acid groups (broad SMARTS) is 3. The Morgan fingerprint density at radius 2 is 1.41 bits per heavy atom. The van der Waals surface area contributed by atoms with Gasteiger partial charge in [0.25, 0.3) is 0 Å². The molecule has 0 aromatic heterocycles. The van der Waals surface area contributed by atoms with Crippen LogP contribution in [0.5, 0.6) is 0 Å². The van der Waals surface area contributed by atoms with Gasteiger partial charge < -0.3 is 30.4 Å². The maximum absolute atomic E-state index is 12.9. The van der Waals surface area contributed by atoms with E-state index in [0.717, 1.165) is 31.6 Å². The van der Waals surface area contributed by atoms with E-state index in [2.05, 4.69) is 4.90 Å². The highest BCUT2D eigenvalue weighted by Crippen LogP contribution is 2.33. The van der Waals surface area contributed by atoms with Crippen LogP contribution >= 0.6 is 11.6 Å². The molecule has 1 heterocycles. The molecular formula is C27H31ClFNO9. The zero-order valence-corrected chi connectivity index (χ0v) is 21.8. The molecule has 1 fully saturated rings. The highest BCUT2D eigenvalue weighted by Gasteiger charge is 2.40. The van der Waals surface area contributed by atoms with E-state index in [1.165, 1.54) is 24.3 Å². The van der Waals surface area contributed by atoms with Crippen molar-refractivity contribution in [2.24, 2.45) is 0 Å². The van der Waals surface area contributed by atoms with E-state index in [1.54, 1.807) is 0 Å². The molecular weight excluding hydrogens is 537 g/mol. The van der Waals surface area contributed by atoms with E-state index < -0.39 is 42.0 Å². The van der Waals surface area contributed by atoms with Crippen molar-refractivity contribution in [3.63, 3.8) is 0 Å². The van der Waals surface area contributed by atoms with E-state index in [-0.39, 0.29) is 11.6 Å². The van der Waals surface area contributed by atoms with Crippen molar-refractivity contribution in [3.05, 3.63) is 70.5 Å². The summed E-state index contributed by atoms with van der Waals surface area (Å²) in [5.74, 6) is -5.31. The summed E-state index contributed by atoms with van der Waals surface area (Å²) < 4.78 is 12.9. The molecule has 2 aromatic rings. The molecule has 0 bridgehead atoms. The van der Waals surface area contributed by atoms with Gasteiger partial charge in [-0.3, -0.25) is 14.4 Å². The van der Waals surface area contributed by atoms with Crippen LogP contribution in [-0.4, -0.2) is 79.4 Å². The molecule has 0 spiro atoms. The monoisotopic (exact) mass is 567 g/mol. The number of carbonyl (C=O) groups excluding carboxylic acids is 1. The number of halogens is 2. The fourth-order valence-corrected chi connectivity index (χ4v) is 4.28. The van der Waals surface area contributed by atoms with Crippen molar-refractivity contribution in [3.8, 4) is 0 Å². The van der Waals surface area contributed by atoms with Gasteiger partial charge in [-0.05, 0) is 67.8 Å². The van der Waals surface area contributed by atoms with Crippen LogP contribution in [0.15, 0.2) is 48.5 Å². The molecule has 3 rings (SSSR count). The summed E-state index contributed by atoms with van der Waals surface area (Å²) in [6.45, 7) is 2.41. The molecule has 212 valence electrons. The Kier molecular flexibility index (Phi) is 11.5. The van der Waals surface area contributed by atoms with Gasteiger partial charge in [0.2, 0.25) is 0 Å². The zero-order valence-electron chi connectivity index (χ0n) is 21.1. The second kappa shape index (κ2) is 14.1. The normalized spacial score (nSPS) is 15.1. The molecule has 0 unspecified atom stereocenters. The first kappa shape index (κ1) is 31.8. The van der Waals surface area contributed by atoms with Crippen molar-refractivity contribution >= 4 is 35.3 Å². The lowest BCUT2D eigenvalue weighted by atomic mass is 9.84. The van der Waals surface area contributed by atoms with Gasteiger partial charge in [-0.25, -0.2) is 9.18 Å². The third kappa shape index (κ3) is 10.0. The molecule has 12 heteroatoms. The summed E-state index contributed by atoms with van der Waals surface area (Å²) in [6, 6.07) is 13.1. The van der Waals surface area contributed by atoms with Gasteiger partial charge >= 0.3 is 17.9 Å². The predicted molar refractivity (Wildman–Crippen MR) is 138 cm³/mol. The lowest BCUT2D eigenvalue weighted by Gasteiger charge is -2.38. The number of benzene rings is 2. The Labute approximate surface area is 229 Å². The molecule has 0 atom stereocenters. The maximum Gasteiger partial charge on any atom is 0.336 e. The summed E-state index contributed by atoms with van der Waals surface area (Å²) >= 11 is 5.92. The first-order chi connectivity index (χ1) is 18.2. The first-order valence-corrected chi connectivity index (χ1v) is 12.5. The Balaban J connectivity index is 0.000000349. The lowest BCUT2D eigenvalue weighted by Crippen LogP contribution is -2.42. The van der Waals surface area contributed by atoms with Gasteiger partial charge in [0, 0.05) is 30.1 Å². The Morgan fingerprint density at radius 3 is 1.87 bits per heavy atom. The highest BCUT2D eigenvalue weighted by molar-refractivity contribution is 6.30. The lowest BCUT2D eigenvalue weighted by molar-refractivity contribution is -0.170. The molecule has 2 aromatic carbocycles. The van der Waals surface area contributed by atoms with Crippen LogP contribution in [0.3, 0.4) is 0 Å². The summed E-state index contributed by atoms with van der Waals surface area (Å²) in [4.78, 5) is 44.9. The van der Waals surface area contributed by atoms with E-state index in [1.807, 2.05) is 24.3 Å². The highest BCUT2D eigenvalue weighted by atomic mass is 35.5. The Hall–Kier alpha value is -3.38. The number of rotatable bonds is 11. The Morgan fingerprint density at radius 1 is 0.897 bits per heavy atom. The number of aliphatic carboxylic acids is 3. The number of Topliss-reactive ketones (excluding diaryl/α,β-unsaturated/α-hetero) is 1. The van der Waals surface area contributed by atoms with Gasteiger partial charge in [-0.1, -0.05) is 23.7 Å². The molecule has 0 saturated carbocycles. The van der Waals surface area contributed by atoms with E-state index >= 15 is 0 Å². The molecule has 5 N–H and O–H groups in total. The van der Waals surface area contributed by atoms with Crippen LogP contribution in [0.2, 0.25) is 5.02 Å². The van der Waals surface area contributed by atoms with E-state index in [4.69, 9.17) is 32.0 Å². The van der Waals surface area contributed by atoms with Crippen molar-refractivity contribution in [1.29, 1.82) is 0 Å². The average Bonchev–Trinajstić information content (AvgIpc) is 2.85. The minimum Gasteiger partial charge on any atom is -0.481 e. The van der Waals surface area contributed by atoms with Gasteiger partial charge in [0.1, 0.15) is 5.82 Å². The van der Waals surface area contributed by atoms with Crippen LogP contribution in [0.4, 0.5) is 4.39 Å². The molecule has 1 aliphatic heterocycles. The number of nitrogens with zero attached hydrogens (tertiary/aromatic N) is 1. The summed E-state index contributed by atoms with van der Waals surface area (Å²) in [6.07, 6.45) is 0.253. The zero-order chi connectivity index (χ0) is 29.2. The van der Waals surface area contributed by atoms with Gasteiger partial charge in [-0.15, -0.1) is 0 Å². The first-order valence-electron chi connectivity index (χ1n) is 12.1. The van der Waals surface area contributed by atoms with Crippen molar-refractivity contribution in [1.82, 2.24) is 4.90 Å². The average molecular weight is 568 g/mol. The second-order valence-electron chi connectivity index (χ2n) is 9.39. The second-order valence-corrected chi connectivity index (χ2v) is 9.83. The van der Waals surface area contributed by atoms with Crippen molar-refractivity contribution in [2.45, 2.75) is 49.7 Å². The number of piperidine rings is 1. The largest absolute Gasteiger partial charge is 0.481 e. The number of ketones is 1. The summed E-state index contributed by atoms with van der Waals surface area (Å²) in [7, 11) is 0. The summed E-state index contributed by atoms with van der Waals surface area (Å²) in [5, 5.41) is 45.4. The molecule has 1 aliphatic rings. The predicted octanol–water partition coefficient (Wildman–Crippen LogP) is 3.18. The molecule has 0 radical (unpaired) electrons. The minimum absolute atomic E-state index is 0.0414. The van der Waals surface area contributed by atoms with Crippen LogP contribution in [0.1, 0.15) is 54.4 Å². The maximum atomic E-state index is 12.9. The fraction of sp³-hybridized carbons (Fsp3) is 0.407. The molecule has 10 nitrogen and oxygen atoms in total. The van der Waals surface area contributed by atoms with Crippen LogP contribution in [-0.2, 0) is 20.0 Å². The van der Waals surface area contributed by atoms with Crippen LogP contribution < -0.4 is 0 Å². The van der Waals surface area contributed by atoms with Gasteiger partial charge in [0.15, 0.2) is 11.4 Å². The number of hydrogen-bond donors (Lipinski definition) is 5. The quantitative estimate of drug-likeness (QED) is 0.254. The number of aliphatic hydroxyl groups is 2. The molecule has 1 saturated heterocycles. The van der Waals surface area contributed by atoms with Crippen molar-refractivity contribution < 1.29 is 49.1 Å². The van der Waals surface area contributed by atoms with E-state index in [9.17, 15) is 28.7 Å². The van der Waals surface area contributed by atoms with E-state index in [0.29, 0.717) is 29.8 Å². The third-order valence-electron chi connectivity index (χ3n) is 6.39. The third-order valence-corrected chi connectivity index (χ3v) is 6.65. The van der Waals surface area contributed by atoms with Crippen molar-refractivity contribution in [2.75, 3.05) is 19.6 Å². The number of carbonyl (C=O) groups is 4. The SMILES string of the molecule is O=C(CCCN1CCC(O)(c2ccc(Cl)cc2)CC1)c1ccc(F)cc1.O=C(O)CC(O)(CC(=O)O)C(=O)O. The minimum atomic E-state index is -2.74. The topological polar surface area (TPSA) is 173 Å². The fourth-order valence-electron chi connectivity index (χ4n) is 4.15. The smallest absolute Gasteiger partial charge is 0.336 e. The summed E-state index contributed by atoms with van der Waals surface area (Å²) in [5.41, 5.74) is -2.07. The molecule has 39 heavy (non-hydrogen) atoms. The standard InChI is InChI=1S/C21H23ClFNO2.C6H8O7/c22-18-7-5-17(6-8-18)21(26)11-14-24(15-12-21)13-1-2-20(25)16-3-9-19(23)10-4-16;7-3(8)1-6(13,5(11)12)2-4(9)10/h3-10,26H,1-2,11-15H2;13H,1-2H2,(H,7,8)(H,9,10)(H,11,12).